The molecule has 1 rings (SSSR count). The lowest BCUT2D eigenvalue weighted by Gasteiger charge is -2.39. The van der Waals surface area contributed by atoms with Crippen molar-refractivity contribution in [3.63, 3.8) is 0 Å². The number of ether oxygens (including phenoxy) is 3. The third kappa shape index (κ3) is 2.22. The molecule has 1 heterocycles. The van der Waals surface area contributed by atoms with E-state index in [0.29, 0.717) is 0 Å². The van der Waals surface area contributed by atoms with Gasteiger partial charge >= 0.3 is 0 Å². The van der Waals surface area contributed by atoms with Crippen molar-refractivity contribution in [2.45, 2.75) is 30.7 Å². The molecule has 1 fully saturated rings. The molecule has 0 saturated carbocycles. The maximum atomic E-state index is 9.48. The van der Waals surface area contributed by atoms with Gasteiger partial charge in [0, 0.05) is 14.2 Å². The van der Waals surface area contributed by atoms with Crippen molar-refractivity contribution in [1.82, 2.24) is 0 Å². The van der Waals surface area contributed by atoms with Crippen molar-refractivity contribution in [2.24, 2.45) is 0 Å². The van der Waals surface area contributed by atoms with Crippen molar-refractivity contribution in [1.29, 1.82) is 0 Å². The minimum absolute atomic E-state index is 0.130. The topological polar surface area (TPSA) is 88.4 Å². The highest BCUT2D eigenvalue weighted by atomic mass is 16.7. The molecule has 0 aromatic heterocycles. The summed E-state index contributed by atoms with van der Waals surface area (Å²) in [6, 6.07) is 0. The molecule has 0 aromatic rings. The van der Waals surface area contributed by atoms with E-state index >= 15 is 0 Å². The molecule has 1 aliphatic heterocycles. The summed E-state index contributed by atoms with van der Waals surface area (Å²) in [4.78, 5) is 0. The molecule has 6 nitrogen and oxygen atoms in total. The molecule has 0 spiro atoms. The first-order valence-corrected chi connectivity index (χ1v) is 4.33. The van der Waals surface area contributed by atoms with Crippen molar-refractivity contribution < 1.29 is 29.5 Å². The zero-order valence-electron chi connectivity index (χ0n) is 8.16. The minimum atomic E-state index is -1.28. The molecule has 0 radical (unpaired) electrons. The van der Waals surface area contributed by atoms with Gasteiger partial charge in [0.25, 0.3) is 0 Å². The molecule has 0 aliphatic carbocycles. The van der Waals surface area contributed by atoms with Crippen molar-refractivity contribution in [2.75, 3.05) is 20.8 Å². The third-order valence-corrected chi connectivity index (χ3v) is 2.23. The predicted molar refractivity (Wildman–Crippen MR) is 45.6 cm³/mol. The van der Waals surface area contributed by atoms with E-state index in [-0.39, 0.29) is 6.61 Å². The summed E-state index contributed by atoms with van der Waals surface area (Å²) >= 11 is 0. The van der Waals surface area contributed by atoms with Gasteiger partial charge in [0.2, 0.25) is 0 Å². The Morgan fingerprint density at radius 1 is 1.07 bits per heavy atom. The first-order chi connectivity index (χ1) is 6.61. The van der Waals surface area contributed by atoms with Gasteiger partial charge in [0.05, 0.1) is 6.61 Å². The van der Waals surface area contributed by atoms with E-state index < -0.39 is 30.7 Å². The molecule has 0 unspecified atom stereocenters. The van der Waals surface area contributed by atoms with Gasteiger partial charge in [-0.25, -0.2) is 0 Å². The standard InChI is InChI=1S/C8H16O6/c1-12-3-4-5(9)6(10)7(11)8(13-2)14-4/h4-11H,3H2,1-2H3/t4-,5-,6+,7-,8-/m1/s1. The van der Waals surface area contributed by atoms with E-state index in [1.165, 1.54) is 14.2 Å². The maximum Gasteiger partial charge on any atom is 0.186 e. The fourth-order valence-corrected chi connectivity index (χ4v) is 1.41. The summed E-state index contributed by atoms with van der Waals surface area (Å²) in [5, 5.41) is 28.3. The summed E-state index contributed by atoms with van der Waals surface area (Å²) in [6.07, 6.45) is -5.33. The first kappa shape index (κ1) is 11.8. The molecule has 1 aliphatic rings. The molecule has 6 heteroatoms. The largest absolute Gasteiger partial charge is 0.387 e. The molecule has 84 valence electrons. The van der Waals surface area contributed by atoms with Crippen LogP contribution in [0.3, 0.4) is 0 Å². The van der Waals surface area contributed by atoms with Crippen LogP contribution in [0.2, 0.25) is 0 Å². The zero-order valence-corrected chi connectivity index (χ0v) is 8.16. The second kappa shape index (κ2) is 5.01. The predicted octanol–water partition coefficient (Wildman–Crippen LogP) is -1.91. The van der Waals surface area contributed by atoms with E-state index in [0.717, 1.165) is 0 Å². The smallest absolute Gasteiger partial charge is 0.186 e. The van der Waals surface area contributed by atoms with Crippen molar-refractivity contribution in [3.05, 3.63) is 0 Å². The summed E-state index contributed by atoms with van der Waals surface area (Å²) in [7, 11) is 2.80. The molecule has 0 aromatic carbocycles. The average molecular weight is 208 g/mol. The second-order valence-electron chi connectivity index (χ2n) is 3.21. The Bertz CT molecular complexity index is 171. The number of aliphatic hydroxyl groups is 3. The molecule has 0 amide bonds. The Labute approximate surface area is 82.0 Å². The molecule has 5 atom stereocenters. The highest BCUT2D eigenvalue weighted by Gasteiger charge is 2.43. The van der Waals surface area contributed by atoms with Crippen LogP contribution in [0.15, 0.2) is 0 Å². The van der Waals surface area contributed by atoms with Crippen LogP contribution < -0.4 is 0 Å². The van der Waals surface area contributed by atoms with Gasteiger partial charge in [-0.05, 0) is 0 Å². The van der Waals surface area contributed by atoms with E-state index in [4.69, 9.17) is 14.2 Å². The Kier molecular flexibility index (Phi) is 4.24. The maximum absolute atomic E-state index is 9.48. The van der Waals surface area contributed by atoms with Crippen molar-refractivity contribution >= 4 is 0 Å². The summed E-state index contributed by atoms with van der Waals surface area (Å²) in [6.45, 7) is 0.130. The van der Waals surface area contributed by atoms with Gasteiger partial charge < -0.3 is 29.5 Å². The quantitative estimate of drug-likeness (QED) is 0.501. The molecular weight excluding hydrogens is 192 g/mol. The van der Waals surface area contributed by atoms with Crippen LogP contribution >= 0.6 is 0 Å². The fourth-order valence-electron chi connectivity index (χ4n) is 1.41. The first-order valence-electron chi connectivity index (χ1n) is 4.33. The minimum Gasteiger partial charge on any atom is -0.387 e. The number of methoxy groups -OCH3 is 2. The van der Waals surface area contributed by atoms with E-state index in [1.54, 1.807) is 0 Å². The van der Waals surface area contributed by atoms with Crippen LogP contribution in [-0.2, 0) is 14.2 Å². The SMILES string of the molecule is COC[C@H]1O[C@@H](OC)[C@H](O)[C@@H](O)[C@@H]1O. The average Bonchev–Trinajstić information content (AvgIpc) is 2.19. The summed E-state index contributed by atoms with van der Waals surface area (Å²) in [5.74, 6) is 0. The van der Waals surface area contributed by atoms with Crippen LogP contribution in [-0.4, -0.2) is 66.9 Å². The monoisotopic (exact) mass is 208 g/mol. The number of aliphatic hydroxyl groups excluding tert-OH is 3. The van der Waals surface area contributed by atoms with Crippen LogP contribution in [0.1, 0.15) is 0 Å². The number of hydrogen-bond donors (Lipinski definition) is 3. The van der Waals surface area contributed by atoms with Crippen LogP contribution in [0.4, 0.5) is 0 Å². The molecule has 1 saturated heterocycles. The molecular formula is C8H16O6. The third-order valence-electron chi connectivity index (χ3n) is 2.23. The number of rotatable bonds is 3. The van der Waals surface area contributed by atoms with Gasteiger partial charge in [0.15, 0.2) is 6.29 Å². The van der Waals surface area contributed by atoms with Crippen molar-refractivity contribution in [3.8, 4) is 0 Å². The van der Waals surface area contributed by atoms with Crippen LogP contribution in [0, 0.1) is 0 Å². The highest BCUT2D eigenvalue weighted by molar-refractivity contribution is 4.88. The van der Waals surface area contributed by atoms with Gasteiger partial charge in [-0.3, -0.25) is 0 Å². The highest BCUT2D eigenvalue weighted by Crippen LogP contribution is 2.21. The lowest BCUT2D eigenvalue weighted by molar-refractivity contribution is -0.295. The van der Waals surface area contributed by atoms with Gasteiger partial charge in [-0.2, -0.15) is 0 Å². The van der Waals surface area contributed by atoms with Gasteiger partial charge in [-0.1, -0.05) is 0 Å². The van der Waals surface area contributed by atoms with Crippen LogP contribution in [0.25, 0.3) is 0 Å². The molecule has 0 bridgehead atoms. The second-order valence-corrected chi connectivity index (χ2v) is 3.21. The van der Waals surface area contributed by atoms with Gasteiger partial charge in [-0.15, -0.1) is 0 Å². The Hall–Kier alpha value is -0.240. The molecule has 3 N–H and O–H groups in total. The number of hydrogen-bond acceptors (Lipinski definition) is 6. The summed E-state index contributed by atoms with van der Waals surface area (Å²) < 4.78 is 14.8. The molecule has 14 heavy (non-hydrogen) atoms. The van der Waals surface area contributed by atoms with E-state index in [2.05, 4.69) is 0 Å². The van der Waals surface area contributed by atoms with Gasteiger partial charge in [0.1, 0.15) is 24.4 Å². The fraction of sp³-hybridized carbons (Fsp3) is 1.00. The van der Waals surface area contributed by atoms with E-state index in [9.17, 15) is 15.3 Å². The summed E-state index contributed by atoms with van der Waals surface area (Å²) in [5.41, 5.74) is 0. The normalized spacial score (nSPS) is 43.9. The Morgan fingerprint density at radius 3 is 2.21 bits per heavy atom. The van der Waals surface area contributed by atoms with E-state index in [1.807, 2.05) is 0 Å². The Balaban J connectivity index is 2.63. The zero-order chi connectivity index (χ0) is 10.7. The van der Waals surface area contributed by atoms with Crippen LogP contribution in [0.5, 0.6) is 0 Å². The lowest BCUT2D eigenvalue weighted by atomic mass is 9.99. The Morgan fingerprint density at radius 2 is 1.71 bits per heavy atom. The lowest BCUT2D eigenvalue weighted by Crippen LogP contribution is -2.59.